The van der Waals surface area contributed by atoms with E-state index in [0.717, 1.165) is 32.6 Å². The van der Waals surface area contributed by atoms with Crippen LogP contribution in [0.2, 0.25) is 0 Å². The Labute approximate surface area is 170 Å². The molecule has 0 aliphatic heterocycles. The van der Waals surface area contributed by atoms with Crippen LogP contribution in [-0.4, -0.2) is 11.1 Å². The first-order valence-electron chi connectivity index (χ1n) is 9.33. The first-order valence-corrected chi connectivity index (χ1v) is 9.33. The van der Waals surface area contributed by atoms with Crippen molar-refractivity contribution in [3.63, 3.8) is 0 Å². The molecule has 0 aliphatic carbocycles. The normalized spacial score (nSPS) is 13.0. The minimum absolute atomic E-state index is 0.189. The van der Waals surface area contributed by atoms with Crippen molar-refractivity contribution in [2.75, 3.05) is 0 Å². The van der Waals surface area contributed by atoms with E-state index in [1.54, 1.807) is 31.2 Å². The molecule has 3 nitrogen and oxygen atoms in total. The van der Waals surface area contributed by atoms with Crippen molar-refractivity contribution in [1.82, 2.24) is 0 Å². The van der Waals surface area contributed by atoms with Crippen LogP contribution in [0, 0.1) is 0 Å². The third-order valence-corrected chi connectivity index (χ3v) is 4.80. The van der Waals surface area contributed by atoms with Crippen LogP contribution in [0.5, 0.6) is 0 Å². The van der Waals surface area contributed by atoms with Gasteiger partial charge in [-0.25, -0.2) is 9.18 Å². The fraction of sp³-hybridized carbons (Fsp3) is 0.200. The summed E-state index contributed by atoms with van der Waals surface area (Å²) in [4.78, 5) is 11.5. The highest BCUT2D eigenvalue weighted by Gasteiger charge is 2.23. The zero-order chi connectivity index (χ0) is 21.9. The molecule has 150 valence electrons. The molecule has 0 atom stereocenters. The SMILES string of the molecule is C=C/C=c1\c(=C(C)C)c(/C(=C/C(F)=C\C)C(=C)C)[n+](C)c2cc(C(=O)O)ccc12. The maximum Gasteiger partial charge on any atom is 0.335 e. The number of aromatic nitrogens is 1. The van der Waals surface area contributed by atoms with E-state index in [4.69, 9.17) is 0 Å². The largest absolute Gasteiger partial charge is 0.478 e. The summed E-state index contributed by atoms with van der Waals surface area (Å²) < 4.78 is 16.2. The van der Waals surface area contributed by atoms with Crippen molar-refractivity contribution < 1.29 is 18.9 Å². The summed E-state index contributed by atoms with van der Waals surface area (Å²) >= 11 is 0. The Balaban J connectivity index is 3.30. The van der Waals surface area contributed by atoms with Crippen LogP contribution < -0.4 is 15.0 Å². The van der Waals surface area contributed by atoms with Crippen LogP contribution in [0.1, 0.15) is 43.7 Å². The van der Waals surface area contributed by atoms with Gasteiger partial charge in [-0.05, 0) is 51.5 Å². The molecule has 0 bridgehead atoms. The molecular weight excluding hydrogens is 365 g/mol. The van der Waals surface area contributed by atoms with E-state index in [9.17, 15) is 14.3 Å². The zero-order valence-electron chi connectivity index (χ0n) is 17.6. The van der Waals surface area contributed by atoms with Gasteiger partial charge in [-0.1, -0.05) is 37.0 Å². The van der Waals surface area contributed by atoms with Crippen molar-refractivity contribution in [3.8, 4) is 0 Å². The topological polar surface area (TPSA) is 41.2 Å². The van der Waals surface area contributed by atoms with Gasteiger partial charge in [0.2, 0.25) is 11.2 Å². The predicted molar refractivity (Wildman–Crippen MR) is 118 cm³/mol. The molecule has 2 aromatic rings. The number of halogens is 1. The van der Waals surface area contributed by atoms with Gasteiger partial charge in [-0.2, -0.15) is 4.57 Å². The van der Waals surface area contributed by atoms with E-state index < -0.39 is 5.97 Å². The van der Waals surface area contributed by atoms with Gasteiger partial charge < -0.3 is 5.11 Å². The smallest absolute Gasteiger partial charge is 0.335 e. The predicted octanol–water partition coefficient (Wildman–Crippen LogP) is 4.35. The molecule has 1 heterocycles. The van der Waals surface area contributed by atoms with E-state index in [1.807, 2.05) is 38.5 Å². The lowest BCUT2D eigenvalue weighted by molar-refractivity contribution is -0.648. The fourth-order valence-electron chi connectivity index (χ4n) is 3.45. The molecule has 0 saturated carbocycles. The molecular formula is C25H27FNO2+. The minimum Gasteiger partial charge on any atom is -0.478 e. The first kappa shape index (κ1) is 22.0. The first-order chi connectivity index (χ1) is 13.6. The van der Waals surface area contributed by atoms with Gasteiger partial charge in [0.25, 0.3) is 0 Å². The molecule has 1 N–H and O–H groups in total. The Hall–Kier alpha value is -3.27. The maximum atomic E-state index is 14.3. The van der Waals surface area contributed by atoms with Gasteiger partial charge in [0.15, 0.2) is 0 Å². The number of carboxylic acid groups (broad SMARTS) is 1. The lowest BCUT2D eigenvalue weighted by atomic mass is 9.96. The Morgan fingerprint density at radius 3 is 2.38 bits per heavy atom. The van der Waals surface area contributed by atoms with E-state index in [1.165, 1.54) is 12.2 Å². The molecule has 0 fully saturated rings. The number of hydrogen-bond acceptors (Lipinski definition) is 1. The van der Waals surface area contributed by atoms with Crippen LogP contribution in [-0.2, 0) is 7.05 Å². The number of fused-ring (bicyclic) bond motifs is 1. The monoisotopic (exact) mass is 392 g/mol. The summed E-state index contributed by atoms with van der Waals surface area (Å²) in [6, 6.07) is 5.04. The molecule has 2 rings (SSSR count). The lowest BCUT2D eigenvalue weighted by Gasteiger charge is -2.12. The summed E-state index contributed by atoms with van der Waals surface area (Å²) in [6.07, 6.45) is 6.46. The van der Waals surface area contributed by atoms with Crippen LogP contribution in [0.4, 0.5) is 4.39 Å². The lowest BCUT2D eigenvalue weighted by Crippen LogP contribution is -2.47. The molecule has 0 unspecified atom stereocenters. The highest BCUT2D eigenvalue weighted by atomic mass is 19.1. The average molecular weight is 392 g/mol. The standard InChI is InChI=1S/C25H26FNO2/c1-8-10-20-19-12-11-17(25(28)29)13-22(19)27(7)24(23(20)16(5)6)21(15(3)4)14-18(26)9-2/h8-14H,1,3H2,2,4-7H3/p+1/b18-9+,20-10-,21-14+. The van der Waals surface area contributed by atoms with Gasteiger partial charge in [0.05, 0.1) is 21.7 Å². The zero-order valence-corrected chi connectivity index (χ0v) is 17.6. The van der Waals surface area contributed by atoms with E-state index in [0.29, 0.717) is 11.1 Å². The van der Waals surface area contributed by atoms with Crippen LogP contribution in [0.3, 0.4) is 0 Å². The highest BCUT2D eigenvalue weighted by Crippen LogP contribution is 2.21. The Morgan fingerprint density at radius 1 is 1.24 bits per heavy atom. The third kappa shape index (κ3) is 4.27. The molecule has 1 aromatic heterocycles. The van der Waals surface area contributed by atoms with Crippen LogP contribution >= 0.6 is 0 Å². The second kappa shape index (κ2) is 8.82. The van der Waals surface area contributed by atoms with Gasteiger partial charge in [0.1, 0.15) is 12.9 Å². The molecule has 4 heteroatoms. The van der Waals surface area contributed by atoms with Crippen molar-refractivity contribution in [2.24, 2.45) is 7.05 Å². The molecule has 1 aromatic carbocycles. The summed E-state index contributed by atoms with van der Waals surface area (Å²) in [7, 11) is 1.86. The number of carbonyl (C=O) groups is 1. The molecule has 29 heavy (non-hydrogen) atoms. The van der Waals surface area contributed by atoms with Gasteiger partial charge in [0, 0.05) is 11.3 Å². The molecule has 0 aliphatic rings. The van der Waals surface area contributed by atoms with Gasteiger partial charge in [-0.3, -0.25) is 0 Å². The summed E-state index contributed by atoms with van der Waals surface area (Å²) in [5.74, 6) is -1.36. The second-order valence-electron chi connectivity index (χ2n) is 7.15. The van der Waals surface area contributed by atoms with Crippen molar-refractivity contribution >= 4 is 34.1 Å². The van der Waals surface area contributed by atoms with Crippen molar-refractivity contribution in [2.45, 2.75) is 27.7 Å². The molecule has 0 saturated heterocycles. The van der Waals surface area contributed by atoms with Crippen LogP contribution in [0.15, 0.2) is 61.0 Å². The number of pyridine rings is 1. The fourth-order valence-corrected chi connectivity index (χ4v) is 3.45. The molecule has 0 spiro atoms. The number of benzene rings is 1. The van der Waals surface area contributed by atoms with Crippen molar-refractivity contribution in [3.05, 3.63) is 82.7 Å². The van der Waals surface area contributed by atoms with Gasteiger partial charge in [-0.15, -0.1) is 0 Å². The van der Waals surface area contributed by atoms with E-state index in [2.05, 4.69) is 13.2 Å². The number of allylic oxidation sites excluding steroid dienone is 6. The summed E-state index contributed by atoms with van der Waals surface area (Å²) in [5.41, 5.74) is 4.10. The Bertz CT molecular complexity index is 1210. The van der Waals surface area contributed by atoms with Crippen molar-refractivity contribution in [1.29, 1.82) is 0 Å². The molecule has 0 radical (unpaired) electrons. The number of nitrogens with zero attached hydrogens (tertiary/aromatic N) is 1. The average Bonchev–Trinajstić information content (AvgIpc) is 2.67. The second-order valence-corrected chi connectivity index (χ2v) is 7.15. The summed E-state index contributed by atoms with van der Waals surface area (Å²) in [6.45, 7) is 15.4. The van der Waals surface area contributed by atoms with E-state index in [-0.39, 0.29) is 11.4 Å². The number of aryl methyl sites for hydroxylation is 1. The Kier molecular flexibility index (Phi) is 6.70. The molecule has 0 amide bonds. The maximum absolute atomic E-state index is 14.3. The third-order valence-electron chi connectivity index (χ3n) is 4.80. The van der Waals surface area contributed by atoms with Crippen LogP contribution in [0.25, 0.3) is 28.1 Å². The summed E-state index contributed by atoms with van der Waals surface area (Å²) in [5, 5.41) is 12.2. The number of aromatic carboxylic acids is 1. The van der Waals surface area contributed by atoms with E-state index >= 15 is 0 Å². The Morgan fingerprint density at radius 2 is 1.90 bits per heavy atom. The number of carboxylic acids is 1. The number of rotatable bonds is 5. The number of hydrogen-bond donors (Lipinski definition) is 1. The quantitative estimate of drug-likeness (QED) is 0.607. The minimum atomic E-state index is -0.999. The van der Waals surface area contributed by atoms with Gasteiger partial charge >= 0.3 is 5.97 Å². The highest BCUT2D eigenvalue weighted by molar-refractivity contribution is 5.93.